The molecule has 4 aromatic rings. The highest BCUT2D eigenvalue weighted by atomic mass is 15.4. The zero-order valence-electron chi connectivity index (χ0n) is 14.1. The van der Waals surface area contributed by atoms with Crippen LogP contribution in [0.3, 0.4) is 0 Å². The van der Waals surface area contributed by atoms with Gasteiger partial charge in [-0.05, 0) is 36.2 Å². The molecule has 0 aliphatic carbocycles. The second kappa shape index (κ2) is 6.11. The molecular formula is C19H17N7. The zero-order chi connectivity index (χ0) is 17.3. The van der Waals surface area contributed by atoms with Crippen LogP contribution < -0.4 is 5.32 Å². The maximum Gasteiger partial charge on any atom is 0.172 e. The minimum Gasteiger partial charge on any atom is -0.384 e. The highest BCUT2D eigenvalue weighted by molar-refractivity contribution is 5.67. The zero-order valence-corrected chi connectivity index (χ0v) is 14.1. The van der Waals surface area contributed by atoms with Crippen molar-refractivity contribution in [3.05, 3.63) is 72.4 Å². The Morgan fingerprint density at radius 1 is 1.08 bits per heavy atom. The first-order valence-electron chi connectivity index (χ1n) is 8.58. The molecule has 5 rings (SSSR count). The van der Waals surface area contributed by atoms with E-state index in [0.29, 0.717) is 12.4 Å². The highest BCUT2D eigenvalue weighted by Gasteiger charge is 2.13. The van der Waals surface area contributed by atoms with E-state index in [1.165, 1.54) is 11.3 Å². The molecule has 0 spiro atoms. The molecule has 3 heterocycles. The van der Waals surface area contributed by atoms with E-state index < -0.39 is 0 Å². The summed E-state index contributed by atoms with van der Waals surface area (Å²) < 4.78 is 3.53. The molecule has 26 heavy (non-hydrogen) atoms. The maximum atomic E-state index is 4.51. The second-order valence-electron chi connectivity index (χ2n) is 6.29. The number of hydrogen-bond donors (Lipinski definition) is 1. The number of hydrogen-bond acceptors (Lipinski definition) is 5. The summed E-state index contributed by atoms with van der Waals surface area (Å²) in [6, 6.07) is 16.3. The quantitative estimate of drug-likeness (QED) is 0.616. The standard InChI is InChI=1S/C19H17N7/c1-2-4-16(5-3-1)26-13-21-19(23-26)12-25-11-18(22-24-25)14-6-7-17-15(10-14)8-9-20-17/h1-7,10-11,13,20H,8-9,12H2. The number of benzene rings is 2. The Morgan fingerprint density at radius 3 is 2.92 bits per heavy atom. The van der Waals surface area contributed by atoms with Crippen LogP contribution in [0.5, 0.6) is 0 Å². The summed E-state index contributed by atoms with van der Waals surface area (Å²) in [5, 5.41) is 16.4. The topological polar surface area (TPSA) is 73.5 Å². The molecule has 0 fully saturated rings. The first-order valence-corrected chi connectivity index (χ1v) is 8.58. The summed E-state index contributed by atoms with van der Waals surface area (Å²) in [6.07, 6.45) is 4.71. The van der Waals surface area contributed by atoms with Gasteiger partial charge in [0.25, 0.3) is 0 Å². The van der Waals surface area contributed by atoms with Crippen LogP contribution in [0, 0.1) is 0 Å². The molecule has 2 aromatic heterocycles. The third-order valence-electron chi connectivity index (χ3n) is 4.51. The van der Waals surface area contributed by atoms with Crippen LogP contribution in [-0.2, 0) is 13.0 Å². The van der Waals surface area contributed by atoms with Crippen molar-refractivity contribution in [2.24, 2.45) is 0 Å². The fraction of sp³-hybridized carbons (Fsp3) is 0.158. The lowest BCUT2D eigenvalue weighted by Gasteiger charge is -2.01. The Bertz CT molecular complexity index is 1050. The van der Waals surface area contributed by atoms with Crippen molar-refractivity contribution in [3.63, 3.8) is 0 Å². The van der Waals surface area contributed by atoms with Gasteiger partial charge < -0.3 is 5.32 Å². The molecule has 0 atom stereocenters. The van der Waals surface area contributed by atoms with Gasteiger partial charge in [-0.2, -0.15) is 0 Å². The molecule has 0 saturated carbocycles. The van der Waals surface area contributed by atoms with E-state index in [-0.39, 0.29) is 0 Å². The van der Waals surface area contributed by atoms with Gasteiger partial charge in [0.05, 0.1) is 11.9 Å². The number of fused-ring (bicyclic) bond motifs is 1. The van der Waals surface area contributed by atoms with Gasteiger partial charge in [0, 0.05) is 17.8 Å². The van der Waals surface area contributed by atoms with E-state index >= 15 is 0 Å². The van der Waals surface area contributed by atoms with Crippen LogP contribution in [0.25, 0.3) is 16.9 Å². The number of para-hydroxylation sites is 1. The molecule has 0 radical (unpaired) electrons. The van der Waals surface area contributed by atoms with Crippen molar-refractivity contribution in [3.8, 4) is 16.9 Å². The maximum absolute atomic E-state index is 4.51. The van der Waals surface area contributed by atoms with Gasteiger partial charge in [-0.3, -0.25) is 0 Å². The third-order valence-corrected chi connectivity index (χ3v) is 4.51. The largest absolute Gasteiger partial charge is 0.384 e. The van der Waals surface area contributed by atoms with Crippen LogP contribution >= 0.6 is 0 Å². The van der Waals surface area contributed by atoms with Crippen LogP contribution in [0.15, 0.2) is 61.1 Å². The van der Waals surface area contributed by atoms with Crippen molar-refractivity contribution < 1.29 is 0 Å². The summed E-state index contributed by atoms with van der Waals surface area (Å²) in [7, 11) is 0. The van der Waals surface area contributed by atoms with Crippen LogP contribution in [0.4, 0.5) is 5.69 Å². The number of rotatable bonds is 4. The summed E-state index contributed by atoms with van der Waals surface area (Å²) in [5.74, 6) is 0.698. The second-order valence-corrected chi connectivity index (χ2v) is 6.29. The molecule has 1 N–H and O–H groups in total. The van der Waals surface area contributed by atoms with Crippen molar-refractivity contribution >= 4 is 5.69 Å². The predicted molar refractivity (Wildman–Crippen MR) is 98.1 cm³/mol. The third kappa shape index (κ3) is 2.73. The lowest BCUT2D eigenvalue weighted by Crippen LogP contribution is -2.03. The average Bonchev–Trinajstić information content (AvgIpc) is 3.43. The average molecular weight is 343 g/mol. The minimum atomic E-state index is 0.485. The molecule has 7 nitrogen and oxygen atoms in total. The van der Waals surface area contributed by atoms with Crippen molar-refractivity contribution in [1.29, 1.82) is 0 Å². The molecule has 0 unspecified atom stereocenters. The molecule has 128 valence electrons. The summed E-state index contributed by atoms with van der Waals surface area (Å²) >= 11 is 0. The van der Waals surface area contributed by atoms with E-state index in [2.05, 4.69) is 43.9 Å². The van der Waals surface area contributed by atoms with Gasteiger partial charge in [-0.1, -0.05) is 29.5 Å². The highest BCUT2D eigenvalue weighted by Crippen LogP contribution is 2.27. The van der Waals surface area contributed by atoms with Gasteiger partial charge in [0.15, 0.2) is 5.82 Å². The Labute approximate surface area is 150 Å². The van der Waals surface area contributed by atoms with E-state index in [0.717, 1.165) is 29.9 Å². The van der Waals surface area contributed by atoms with Crippen LogP contribution in [-0.4, -0.2) is 36.3 Å². The molecule has 1 aliphatic rings. The molecule has 2 aromatic carbocycles. The molecule has 7 heteroatoms. The number of anilines is 1. The van der Waals surface area contributed by atoms with Gasteiger partial charge in [-0.25, -0.2) is 14.3 Å². The lowest BCUT2D eigenvalue weighted by atomic mass is 10.1. The smallest absolute Gasteiger partial charge is 0.172 e. The molecular weight excluding hydrogens is 326 g/mol. The lowest BCUT2D eigenvalue weighted by molar-refractivity contribution is 0.623. The van der Waals surface area contributed by atoms with Crippen molar-refractivity contribution in [2.45, 2.75) is 13.0 Å². The molecule has 0 bridgehead atoms. The Morgan fingerprint density at radius 2 is 2.00 bits per heavy atom. The Hall–Kier alpha value is -3.48. The normalized spacial score (nSPS) is 12.8. The summed E-state index contributed by atoms with van der Waals surface area (Å²) in [6.45, 7) is 1.49. The van der Waals surface area contributed by atoms with Crippen molar-refractivity contribution in [1.82, 2.24) is 29.8 Å². The van der Waals surface area contributed by atoms with E-state index in [1.807, 2.05) is 36.5 Å². The number of nitrogens with one attached hydrogen (secondary N) is 1. The van der Waals surface area contributed by atoms with Gasteiger partial charge in [-0.15, -0.1) is 10.2 Å². The predicted octanol–water partition coefficient (Wildman–Crippen LogP) is 2.54. The first-order chi connectivity index (χ1) is 12.8. The fourth-order valence-electron chi connectivity index (χ4n) is 3.19. The fourth-order valence-corrected chi connectivity index (χ4v) is 3.19. The Balaban J connectivity index is 1.36. The van der Waals surface area contributed by atoms with E-state index in [9.17, 15) is 0 Å². The van der Waals surface area contributed by atoms with Crippen molar-refractivity contribution in [2.75, 3.05) is 11.9 Å². The summed E-state index contributed by atoms with van der Waals surface area (Å²) in [4.78, 5) is 4.37. The molecule has 0 saturated heterocycles. The van der Waals surface area contributed by atoms with Gasteiger partial charge in [0.1, 0.15) is 18.6 Å². The van der Waals surface area contributed by atoms with E-state index in [1.54, 1.807) is 15.7 Å². The molecule has 1 aliphatic heterocycles. The van der Waals surface area contributed by atoms with Gasteiger partial charge in [0.2, 0.25) is 0 Å². The number of nitrogens with zero attached hydrogens (tertiary/aromatic N) is 6. The van der Waals surface area contributed by atoms with Crippen LogP contribution in [0.1, 0.15) is 11.4 Å². The molecule has 0 amide bonds. The number of aromatic nitrogens is 6. The van der Waals surface area contributed by atoms with E-state index in [4.69, 9.17) is 0 Å². The minimum absolute atomic E-state index is 0.485. The SMILES string of the molecule is c1ccc(-n2cnc(Cn3cc(-c4ccc5c(c4)CCN5)nn3)n2)cc1. The summed E-state index contributed by atoms with van der Waals surface area (Å²) in [5.41, 5.74) is 5.48. The Kier molecular flexibility index (Phi) is 3.48. The monoisotopic (exact) mass is 343 g/mol. The van der Waals surface area contributed by atoms with Crippen LogP contribution in [0.2, 0.25) is 0 Å². The first kappa shape index (κ1) is 14.8. The van der Waals surface area contributed by atoms with Gasteiger partial charge >= 0.3 is 0 Å².